The predicted octanol–water partition coefficient (Wildman–Crippen LogP) is 5.92. The van der Waals surface area contributed by atoms with Gasteiger partial charge in [0, 0.05) is 11.8 Å². The van der Waals surface area contributed by atoms with Crippen molar-refractivity contribution in [1.29, 1.82) is 0 Å². The molecule has 2 rings (SSSR count). The third kappa shape index (κ3) is 6.76. The molecule has 0 unspecified atom stereocenters. The van der Waals surface area contributed by atoms with Crippen molar-refractivity contribution in [1.82, 2.24) is 0 Å². The topological polar surface area (TPSA) is 47.6 Å². The van der Waals surface area contributed by atoms with E-state index in [1.54, 1.807) is 13.2 Å². The molecule has 0 heterocycles. The van der Waals surface area contributed by atoms with Gasteiger partial charge in [0.25, 0.3) is 0 Å². The van der Waals surface area contributed by atoms with Crippen molar-refractivity contribution in [3.8, 4) is 11.5 Å². The van der Waals surface area contributed by atoms with Crippen molar-refractivity contribution in [2.75, 3.05) is 19.0 Å². The van der Waals surface area contributed by atoms with Crippen LogP contribution in [0, 0.1) is 13.8 Å². The van der Waals surface area contributed by atoms with Gasteiger partial charge in [0.1, 0.15) is 0 Å². The molecule has 28 heavy (non-hydrogen) atoms. The van der Waals surface area contributed by atoms with Gasteiger partial charge in [-0.1, -0.05) is 49.9 Å². The van der Waals surface area contributed by atoms with E-state index in [9.17, 15) is 4.79 Å². The second kappa shape index (κ2) is 11.2. The molecular weight excluding hydrogens is 350 g/mol. The summed E-state index contributed by atoms with van der Waals surface area (Å²) in [6.07, 6.45) is 7.95. The number of anilines is 1. The number of carbonyl (C=O) groups excluding carboxylic acids is 1. The first kappa shape index (κ1) is 21.5. The Morgan fingerprint density at radius 2 is 1.86 bits per heavy atom. The molecule has 0 spiro atoms. The number of unbranched alkanes of at least 4 members (excludes halogenated alkanes) is 3. The average Bonchev–Trinajstić information content (AvgIpc) is 2.69. The Balaban J connectivity index is 1.96. The summed E-state index contributed by atoms with van der Waals surface area (Å²) >= 11 is 0. The summed E-state index contributed by atoms with van der Waals surface area (Å²) in [5, 5.41) is 2.91. The van der Waals surface area contributed by atoms with Crippen molar-refractivity contribution in [2.45, 2.75) is 46.5 Å². The summed E-state index contributed by atoms with van der Waals surface area (Å²) in [5.74, 6) is 1.24. The Morgan fingerprint density at radius 1 is 1.04 bits per heavy atom. The van der Waals surface area contributed by atoms with E-state index in [1.807, 2.05) is 50.2 Å². The van der Waals surface area contributed by atoms with Crippen molar-refractivity contribution in [3.63, 3.8) is 0 Å². The molecule has 0 saturated heterocycles. The number of hydrogen-bond donors (Lipinski definition) is 1. The predicted molar refractivity (Wildman–Crippen MR) is 116 cm³/mol. The van der Waals surface area contributed by atoms with Crippen LogP contribution in [0.3, 0.4) is 0 Å². The molecule has 0 aromatic heterocycles. The minimum absolute atomic E-state index is 0.165. The highest BCUT2D eigenvalue weighted by Gasteiger charge is 2.06. The summed E-state index contributed by atoms with van der Waals surface area (Å²) in [6.45, 7) is 6.89. The fraction of sp³-hybridized carbons (Fsp3) is 0.375. The average molecular weight is 382 g/mol. The van der Waals surface area contributed by atoms with E-state index in [4.69, 9.17) is 9.47 Å². The summed E-state index contributed by atoms with van der Waals surface area (Å²) < 4.78 is 11.3. The van der Waals surface area contributed by atoms with Crippen LogP contribution in [0.15, 0.2) is 42.5 Å². The third-order valence-electron chi connectivity index (χ3n) is 4.51. The van der Waals surface area contributed by atoms with E-state index in [0.717, 1.165) is 29.0 Å². The van der Waals surface area contributed by atoms with Crippen molar-refractivity contribution >= 4 is 17.7 Å². The van der Waals surface area contributed by atoms with E-state index in [2.05, 4.69) is 12.2 Å². The molecule has 2 aromatic rings. The van der Waals surface area contributed by atoms with Crippen LogP contribution >= 0.6 is 0 Å². The summed E-state index contributed by atoms with van der Waals surface area (Å²) in [4.78, 5) is 12.2. The van der Waals surface area contributed by atoms with Crippen LogP contribution in [0.5, 0.6) is 11.5 Å². The van der Waals surface area contributed by atoms with E-state index in [-0.39, 0.29) is 5.91 Å². The number of amides is 1. The van der Waals surface area contributed by atoms with Crippen molar-refractivity contribution in [2.24, 2.45) is 0 Å². The van der Waals surface area contributed by atoms with E-state index < -0.39 is 0 Å². The van der Waals surface area contributed by atoms with Gasteiger partial charge in [-0.15, -0.1) is 0 Å². The number of nitrogens with one attached hydrogen (secondary N) is 1. The molecule has 1 amide bonds. The highest BCUT2D eigenvalue weighted by atomic mass is 16.5. The van der Waals surface area contributed by atoms with Crippen LogP contribution in [0.25, 0.3) is 6.08 Å². The molecule has 0 fully saturated rings. The zero-order chi connectivity index (χ0) is 20.4. The minimum atomic E-state index is -0.165. The fourth-order valence-electron chi connectivity index (χ4n) is 2.92. The quantitative estimate of drug-likeness (QED) is 0.410. The second-order valence-electron chi connectivity index (χ2n) is 6.96. The van der Waals surface area contributed by atoms with E-state index >= 15 is 0 Å². The summed E-state index contributed by atoms with van der Waals surface area (Å²) in [5.41, 5.74) is 3.92. The van der Waals surface area contributed by atoms with Gasteiger partial charge < -0.3 is 14.8 Å². The normalized spacial score (nSPS) is 10.9. The minimum Gasteiger partial charge on any atom is -0.493 e. The first-order chi connectivity index (χ1) is 13.5. The zero-order valence-electron chi connectivity index (χ0n) is 17.4. The lowest BCUT2D eigenvalue weighted by molar-refractivity contribution is -0.111. The number of ether oxygens (including phenoxy) is 2. The number of benzene rings is 2. The van der Waals surface area contributed by atoms with Crippen LogP contribution in [0.1, 0.15) is 49.3 Å². The monoisotopic (exact) mass is 381 g/mol. The fourth-order valence-corrected chi connectivity index (χ4v) is 2.92. The van der Waals surface area contributed by atoms with Crippen LogP contribution in [0.4, 0.5) is 5.69 Å². The molecule has 0 aliphatic heterocycles. The Morgan fingerprint density at radius 3 is 2.57 bits per heavy atom. The Hall–Kier alpha value is -2.75. The second-order valence-corrected chi connectivity index (χ2v) is 6.96. The molecule has 0 atom stereocenters. The van der Waals surface area contributed by atoms with Gasteiger partial charge in [0.05, 0.1) is 13.7 Å². The molecule has 2 aromatic carbocycles. The molecule has 1 N–H and O–H groups in total. The standard InChI is InChI=1S/C24H31NO3/c1-5-6-7-8-15-28-22-13-10-20(17-23(22)27-4)11-14-24(26)25-21-12-9-18(2)16-19(21)3/h9-14,16-17H,5-8,15H2,1-4H3,(H,25,26)/b14-11+. The molecule has 0 radical (unpaired) electrons. The number of hydrogen-bond acceptors (Lipinski definition) is 3. The van der Waals surface area contributed by atoms with Gasteiger partial charge >= 0.3 is 0 Å². The SMILES string of the molecule is CCCCCCOc1ccc(/C=C/C(=O)Nc2ccc(C)cc2C)cc1OC. The van der Waals surface area contributed by atoms with Crippen LogP contribution in [-0.4, -0.2) is 19.6 Å². The number of carbonyl (C=O) groups is 1. The van der Waals surface area contributed by atoms with Crippen molar-refractivity contribution < 1.29 is 14.3 Å². The molecular formula is C24H31NO3. The smallest absolute Gasteiger partial charge is 0.248 e. The maximum Gasteiger partial charge on any atom is 0.248 e. The largest absolute Gasteiger partial charge is 0.493 e. The first-order valence-electron chi connectivity index (χ1n) is 9.90. The maximum atomic E-state index is 12.2. The Bertz CT molecular complexity index is 811. The van der Waals surface area contributed by atoms with Crippen LogP contribution in [0.2, 0.25) is 0 Å². The molecule has 4 nitrogen and oxygen atoms in total. The Kier molecular flexibility index (Phi) is 8.60. The van der Waals surface area contributed by atoms with Gasteiger partial charge in [-0.2, -0.15) is 0 Å². The maximum absolute atomic E-state index is 12.2. The summed E-state index contributed by atoms with van der Waals surface area (Å²) in [7, 11) is 1.62. The molecule has 150 valence electrons. The van der Waals surface area contributed by atoms with E-state index in [1.165, 1.54) is 30.9 Å². The highest BCUT2D eigenvalue weighted by molar-refractivity contribution is 6.02. The zero-order valence-corrected chi connectivity index (χ0v) is 17.4. The molecule has 0 aliphatic carbocycles. The highest BCUT2D eigenvalue weighted by Crippen LogP contribution is 2.29. The van der Waals surface area contributed by atoms with Crippen molar-refractivity contribution in [3.05, 3.63) is 59.2 Å². The van der Waals surface area contributed by atoms with Gasteiger partial charge in [-0.05, 0) is 55.7 Å². The number of aryl methyl sites for hydroxylation is 2. The van der Waals surface area contributed by atoms with E-state index in [0.29, 0.717) is 12.4 Å². The Labute approximate surface area is 168 Å². The molecule has 0 bridgehead atoms. The van der Waals surface area contributed by atoms with Gasteiger partial charge in [0.15, 0.2) is 11.5 Å². The molecule has 0 saturated carbocycles. The lowest BCUT2D eigenvalue weighted by atomic mass is 10.1. The molecule has 0 aliphatic rings. The van der Waals surface area contributed by atoms with Gasteiger partial charge in [-0.3, -0.25) is 4.79 Å². The van der Waals surface area contributed by atoms with Gasteiger partial charge in [0.2, 0.25) is 5.91 Å². The third-order valence-corrected chi connectivity index (χ3v) is 4.51. The van der Waals surface area contributed by atoms with Crippen LogP contribution < -0.4 is 14.8 Å². The van der Waals surface area contributed by atoms with Crippen LogP contribution in [-0.2, 0) is 4.79 Å². The summed E-state index contributed by atoms with van der Waals surface area (Å²) in [6, 6.07) is 11.6. The van der Waals surface area contributed by atoms with Gasteiger partial charge in [-0.25, -0.2) is 0 Å². The molecule has 4 heteroatoms. The first-order valence-corrected chi connectivity index (χ1v) is 9.90. The lowest BCUT2D eigenvalue weighted by Gasteiger charge is -2.11. The lowest BCUT2D eigenvalue weighted by Crippen LogP contribution is -2.08. The number of methoxy groups -OCH3 is 1. The number of rotatable bonds is 10.